The van der Waals surface area contributed by atoms with E-state index in [1.165, 1.54) is 0 Å². The van der Waals surface area contributed by atoms with Crippen LogP contribution in [0.25, 0.3) is 0 Å². The topological polar surface area (TPSA) is 46.5 Å². The Kier molecular flexibility index (Phi) is 1.83. The highest BCUT2D eigenvalue weighted by atomic mass is 16.5. The van der Waals surface area contributed by atoms with Crippen LogP contribution in [0.1, 0.15) is 32.1 Å². The third kappa shape index (κ3) is 1.22. The van der Waals surface area contributed by atoms with Crippen molar-refractivity contribution < 1.29 is 14.6 Å². The van der Waals surface area contributed by atoms with Crippen molar-refractivity contribution in [3.05, 3.63) is 0 Å². The molecule has 2 aliphatic rings. The van der Waals surface area contributed by atoms with Crippen molar-refractivity contribution in [3.63, 3.8) is 0 Å². The van der Waals surface area contributed by atoms with E-state index in [0.29, 0.717) is 0 Å². The van der Waals surface area contributed by atoms with Gasteiger partial charge >= 0.3 is 5.97 Å². The average molecular weight is 170 g/mol. The zero-order valence-corrected chi connectivity index (χ0v) is 7.08. The van der Waals surface area contributed by atoms with Crippen molar-refractivity contribution in [2.75, 3.05) is 6.61 Å². The van der Waals surface area contributed by atoms with Gasteiger partial charge in [0.25, 0.3) is 0 Å². The lowest BCUT2D eigenvalue weighted by atomic mass is 9.97. The fraction of sp³-hybridized carbons (Fsp3) is 0.889. The quantitative estimate of drug-likeness (QED) is 0.647. The molecule has 2 atom stereocenters. The molecule has 1 N–H and O–H groups in total. The minimum absolute atomic E-state index is 0.0386. The molecular weight excluding hydrogens is 156 g/mol. The second kappa shape index (κ2) is 2.73. The molecule has 12 heavy (non-hydrogen) atoms. The summed E-state index contributed by atoms with van der Waals surface area (Å²) in [6.07, 6.45) is 4.66. The Bertz CT molecular complexity index is 194. The number of carboxylic acids is 1. The van der Waals surface area contributed by atoms with Gasteiger partial charge in [-0.15, -0.1) is 0 Å². The smallest absolute Gasteiger partial charge is 0.306 e. The van der Waals surface area contributed by atoms with E-state index in [0.717, 1.165) is 38.7 Å². The van der Waals surface area contributed by atoms with Gasteiger partial charge < -0.3 is 9.84 Å². The van der Waals surface area contributed by atoms with E-state index in [1.54, 1.807) is 0 Å². The summed E-state index contributed by atoms with van der Waals surface area (Å²) in [5, 5.41) is 8.80. The molecule has 0 aromatic carbocycles. The van der Waals surface area contributed by atoms with Crippen LogP contribution in [-0.4, -0.2) is 23.3 Å². The fourth-order valence-corrected chi connectivity index (χ4v) is 2.41. The maximum absolute atomic E-state index is 10.7. The van der Waals surface area contributed by atoms with Crippen LogP contribution in [0.3, 0.4) is 0 Å². The highest BCUT2D eigenvalue weighted by Gasteiger charge is 2.44. The van der Waals surface area contributed by atoms with Crippen LogP contribution in [0.4, 0.5) is 0 Å². The SMILES string of the molecule is O=C(O)[C@H]1CC[C@@]2(CCCO2)C1. The first-order chi connectivity index (χ1) is 5.72. The molecule has 0 unspecified atom stereocenters. The maximum Gasteiger partial charge on any atom is 0.306 e. The van der Waals surface area contributed by atoms with Crippen LogP contribution < -0.4 is 0 Å². The molecule has 2 rings (SSSR count). The van der Waals surface area contributed by atoms with E-state index in [4.69, 9.17) is 9.84 Å². The normalized spacial score (nSPS) is 40.8. The second-order valence-corrected chi connectivity index (χ2v) is 3.91. The molecule has 1 aliphatic carbocycles. The molecule has 0 aromatic heterocycles. The zero-order chi connectivity index (χ0) is 8.60. The van der Waals surface area contributed by atoms with Crippen molar-refractivity contribution >= 4 is 5.97 Å². The molecule has 0 amide bonds. The Morgan fingerprint density at radius 3 is 2.83 bits per heavy atom. The van der Waals surface area contributed by atoms with Gasteiger partial charge in [0.15, 0.2) is 0 Å². The molecule has 1 aliphatic heterocycles. The molecule has 1 heterocycles. The highest BCUT2D eigenvalue weighted by molar-refractivity contribution is 5.70. The summed E-state index contributed by atoms with van der Waals surface area (Å²) < 4.78 is 5.62. The Balaban J connectivity index is 2.01. The summed E-state index contributed by atoms with van der Waals surface area (Å²) in [5.41, 5.74) is -0.0386. The molecule has 68 valence electrons. The van der Waals surface area contributed by atoms with Gasteiger partial charge in [0, 0.05) is 6.61 Å². The van der Waals surface area contributed by atoms with Crippen LogP contribution in [-0.2, 0) is 9.53 Å². The molecule has 0 radical (unpaired) electrons. The van der Waals surface area contributed by atoms with Crippen LogP contribution in [0.2, 0.25) is 0 Å². The first kappa shape index (κ1) is 8.05. The summed E-state index contributed by atoms with van der Waals surface area (Å²) >= 11 is 0. The van der Waals surface area contributed by atoms with E-state index in [9.17, 15) is 4.79 Å². The molecule has 1 saturated heterocycles. The summed E-state index contributed by atoms with van der Waals surface area (Å²) in [4.78, 5) is 10.7. The summed E-state index contributed by atoms with van der Waals surface area (Å²) in [6.45, 7) is 0.826. The van der Waals surface area contributed by atoms with Gasteiger partial charge in [0.05, 0.1) is 11.5 Å². The van der Waals surface area contributed by atoms with Gasteiger partial charge in [0.2, 0.25) is 0 Å². The van der Waals surface area contributed by atoms with Gasteiger partial charge in [-0.05, 0) is 32.1 Å². The first-order valence-corrected chi connectivity index (χ1v) is 4.59. The standard InChI is InChI=1S/C9H14O3/c10-8(11)7-2-4-9(6-7)3-1-5-12-9/h7H,1-6H2,(H,10,11)/t7-,9-/m0/s1. The molecule has 3 nitrogen and oxygen atoms in total. The van der Waals surface area contributed by atoms with Crippen LogP contribution in [0, 0.1) is 5.92 Å². The lowest BCUT2D eigenvalue weighted by Gasteiger charge is -2.21. The van der Waals surface area contributed by atoms with Gasteiger partial charge in [-0.25, -0.2) is 0 Å². The first-order valence-electron chi connectivity index (χ1n) is 4.59. The number of rotatable bonds is 1. The molecule has 3 heteroatoms. The van der Waals surface area contributed by atoms with Crippen molar-refractivity contribution in [1.29, 1.82) is 0 Å². The number of aliphatic carboxylic acids is 1. The van der Waals surface area contributed by atoms with E-state index in [2.05, 4.69) is 0 Å². The van der Waals surface area contributed by atoms with Crippen LogP contribution in [0.5, 0.6) is 0 Å². The minimum Gasteiger partial charge on any atom is -0.481 e. The van der Waals surface area contributed by atoms with E-state index >= 15 is 0 Å². The Hall–Kier alpha value is -0.570. The fourth-order valence-electron chi connectivity index (χ4n) is 2.41. The third-order valence-electron chi connectivity index (χ3n) is 3.10. The van der Waals surface area contributed by atoms with Crippen molar-refractivity contribution in [2.24, 2.45) is 5.92 Å². The number of carboxylic acid groups (broad SMARTS) is 1. The van der Waals surface area contributed by atoms with Crippen LogP contribution >= 0.6 is 0 Å². The second-order valence-electron chi connectivity index (χ2n) is 3.91. The van der Waals surface area contributed by atoms with Gasteiger partial charge in [0.1, 0.15) is 0 Å². The summed E-state index contributed by atoms with van der Waals surface area (Å²) in [6, 6.07) is 0. The molecule has 0 bridgehead atoms. The Morgan fingerprint density at radius 1 is 1.50 bits per heavy atom. The zero-order valence-electron chi connectivity index (χ0n) is 7.08. The molecule has 0 aromatic rings. The van der Waals surface area contributed by atoms with Crippen LogP contribution in [0.15, 0.2) is 0 Å². The van der Waals surface area contributed by atoms with Gasteiger partial charge in [-0.2, -0.15) is 0 Å². The average Bonchev–Trinajstić information content (AvgIpc) is 2.62. The van der Waals surface area contributed by atoms with E-state index in [1.807, 2.05) is 0 Å². The number of hydrogen-bond donors (Lipinski definition) is 1. The largest absolute Gasteiger partial charge is 0.481 e. The Morgan fingerprint density at radius 2 is 2.33 bits per heavy atom. The molecule has 1 saturated carbocycles. The predicted molar refractivity (Wildman–Crippen MR) is 42.9 cm³/mol. The molecular formula is C9H14O3. The van der Waals surface area contributed by atoms with E-state index < -0.39 is 5.97 Å². The highest BCUT2D eigenvalue weighted by Crippen LogP contribution is 2.43. The van der Waals surface area contributed by atoms with Gasteiger partial charge in [-0.1, -0.05) is 0 Å². The van der Waals surface area contributed by atoms with E-state index in [-0.39, 0.29) is 11.5 Å². The molecule has 2 fully saturated rings. The van der Waals surface area contributed by atoms with Crippen molar-refractivity contribution in [3.8, 4) is 0 Å². The lowest BCUT2D eigenvalue weighted by molar-refractivity contribution is -0.142. The minimum atomic E-state index is -0.651. The van der Waals surface area contributed by atoms with Gasteiger partial charge in [-0.3, -0.25) is 4.79 Å². The Labute approximate surface area is 71.7 Å². The summed E-state index contributed by atoms with van der Waals surface area (Å²) in [7, 11) is 0. The third-order valence-corrected chi connectivity index (χ3v) is 3.10. The molecule has 1 spiro atoms. The van der Waals surface area contributed by atoms with Crippen molar-refractivity contribution in [2.45, 2.75) is 37.7 Å². The summed E-state index contributed by atoms with van der Waals surface area (Å²) in [5.74, 6) is -0.800. The monoisotopic (exact) mass is 170 g/mol. The number of carbonyl (C=O) groups is 1. The van der Waals surface area contributed by atoms with Crippen molar-refractivity contribution in [1.82, 2.24) is 0 Å². The maximum atomic E-state index is 10.7. The lowest BCUT2D eigenvalue weighted by Crippen LogP contribution is -2.24. The number of hydrogen-bond acceptors (Lipinski definition) is 2. The predicted octanol–water partition coefficient (Wildman–Crippen LogP) is 1.42. The number of ether oxygens (including phenoxy) is 1.